The third kappa shape index (κ3) is 9.15. The number of terminal acetylenes is 1. The van der Waals surface area contributed by atoms with Gasteiger partial charge in [-0.3, -0.25) is 14.5 Å². The zero-order valence-electron chi connectivity index (χ0n) is 23.1. The van der Waals surface area contributed by atoms with Crippen LogP contribution in [0.3, 0.4) is 0 Å². The maximum absolute atomic E-state index is 13.9. The van der Waals surface area contributed by atoms with Crippen LogP contribution >= 0.6 is 0 Å². The molecular formula is C30H39N3O5. The number of hydrogen-bond donors (Lipinski definition) is 3. The molecule has 8 heteroatoms. The lowest BCUT2D eigenvalue weighted by atomic mass is 9.99. The molecule has 0 saturated carbocycles. The fourth-order valence-corrected chi connectivity index (χ4v) is 3.94. The van der Waals surface area contributed by atoms with Crippen LogP contribution in [0.2, 0.25) is 0 Å². The van der Waals surface area contributed by atoms with Crippen molar-refractivity contribution in [3.8, 4) is 18.2 Å². The molecule has 38 heavy (non-hydrogen) atoms. The average Bonchev–Trinajstić information content (AvgIpc) is 2.82. The Bertz CT molecular complexity index is 1130. The van der Waals surface area contributed by atoms with Crippen molar-refractivity contribution in [3.63, 3.8) is 0 Å². The van der Waals surface area contributed by atoms with E-state index in [0.717, 1.165) is 23.3 Å². The van der Waals surface area contributed by atoms with Gasteiger partial charge in [0.2, 0.25) is 5.91 Å². The molecule has 0 aliphatic rings. The second kappa shape index (κ2) is 13.5. The van der Waals surface area contributed by atoms with Crippen LogP contribution in [0.15, 0.2) is 48.5 Å². The number of carbonyl (C=O) groups is 3. The van der Waals surface area contributed by atoms with Gasteiger partial charge in [-0.25, -0.2) is 4.79 Å². The lowest BCUT2D eigenvalue weighted by Crippen LogP contribution is -2.52. The van der Waals surface area contributed by atoms with Gasteiger partial charge >= 0.3 is 6.09 Å². The van der Waals surface area contributed by atoms with Gasteiger partial charge in [-0.15, -0.1) is 0 Å². The highest BCUT2D eigenvalue weighted by Gasteiger charge is 2.36. The van der Waals surface area contributed by atoms with Crippen LogP contribution < -0.4 is 10.6 Å². The fourth-order valence-electron chi connectivity index (χ4n) is 3.94. The van der Waals surface area contributed by atoms with E-state index in [1.165, 1.54) is 12.1 Å². The number of benzene rings is 2. The molecule has 0 radical (unpaired) electrons. The number of rotatable bonds is 10. The van der Waals surface area contributed by atoms with Crippen molar-refractivity contribution in [1.82, 2.24) is 15.5 Å². The number of carbonyl (C=O) groups excluding carboxylic acids is 3. The van der Waals surface area contributed by atoms with E-state index in [1.54, 1.807) is 45.0 Å². The number of nitrogens with zero attached hydrogens (tertiary/aromatic N) is 1. The maximum Gasteiger partial charge on any atom is 0.408 e. The number of aromatic hydroxyl groups is 1. The monoisotopic (exact) mass is 521 g/mol. The summed E-state index contributed by atoms with van der Waals surface area (Å²) in [6, 6.07) is 13.5. The Morgan fingerprint density at radius 3 is 2.18 bits per heavy atom. The number of alkyl carbamates (subject to hydrolysis) is 1. The first-order valence-corrected chi connectivity index (χ1v) is 12.8. The molecule has 0 fully saturated rings. The van der Waals surface area contributed by atoms with Crippen molar-refractivity contribution < 1.29 is 24.2 Å². The predicted molar refractivity (Wildman–Crippen MR) is 147 cm³/mol. The second-order valence-corrected chi connectivity index (χ2v) is 10.4. The molecule has 8 nitrogen and oxygen atoms in total. The zero-order valence-corrected chi connectivity index (χ0v) is 23.1. The quantitative estimate of drug-likeness (QED) is 0.313. The molecule has 0 heterocycles. The highest BCUT2D eigenvalue weighted by atomic mass is 16.6. The minimum atomic E-state index is -1.14. The van der Waals surface area contributed by atoms with Crippen molar-refractivity contribution in [1.29, 1.82) is 0 Å². The number of amides is 3. The summed E-state index contributed by atoms with van der Waals surface area (Å²) in [6.45, 7) is 11.0. The molecule has 3 amide bonds. The van der Waals surface area contributed by atoms with Gasteiger partial charge in [0.05, 0.1) is 0 Å². The summed E-state index contributed by atoms with van der Waals surface area (Å²) < 4.78 is 5.38. The Balaban J connectivity index is 2.47. The van der Waals surface area contributed by atoms with Crippen molar-refractivity contribution in [3.05, 3.63) is 65.2 Å². The normalized spacial score (nSPS) is 13.4. The molecule has 0 saturated heterocycles. The van der Waals surface area contributed by atoms with Crippen molar-refractivity contribution in [2.45, 2.75) is 84.5 Å². The van der Waals surface area contributed by atoms with Gasteiger partial charge in [0, 0.05) is 18.5 Å². The molecule has 2 aromatic carbocycles. The molecule has 3 atom stereocenters. The molecule has 0 aliphatic carbocycles. The van der Waals surface area contributed by atoms with E-state index in [-0.39, 0.29) is 18.2 Å². The van der Waals surface area contributed by atoms with Gasteiger partial charge in [0.25, 0.3) is 5.91 Å². The van der Waals surface area contributed by atoms with Crippen molar-refractivity contribution in [2.24, 2.45) is 0 Å². The summed E-state index contributed by atoms with van der Waals surface area (Å²) in [6.07, 6.45) is 6.76. The van der Waals surface area contributed by atoms with E-state index >= 15 is 0 Å². The summed E-state index contributed by atoms with van der Waals surface area (Å²) in [5, 5.41) is 15.2. The van der Waals surface area contributed by atoms with Crippen LogP contribution in [0.25, 0.3) is 0 Å². The van der Waals surface area contributed by atoms with Crippen molar-refractivity contribution in [2.75, 3.05) is 0 Å². The largest absolute Gasteiger partial charge is 0.508 e. The van der Waals surface area contributed by atoms with Gasteiger partial charge in [0.15, 0.2) is 0 Å². The average molecular weight is 522 g/mol. The highest BCUT2D eigenvalue weighted by molar-refractivity contribution is 5.93. The predicted octanol–water partition coefficient (Wildman–Crippen LogP) is 4.60. The molecular weight excluding hydrogens is 482 g/mol. The molecule has 3 unspecified atom stereocenters. The Labute approximate surface area is 225 Å². The Kier molecular flexibility index (Phi) is 10.8. The van der Waals surface area contributed by atoms with Crippen LogP contribution in [-0.2, 0) is 20.7 Å². The number of phenols is 1. The second-order valence-electron chi connectivity index (χ2n) is 10.4. The Morgan fingerprint density at radius 2 is 1.66 bits per heavy atom. The molecule has 2 aromatic rings. The smallest absolute Gasteiger partial charge is 0.408 e. The standard InChI is InChI=1S/C30H39N3O5/c1-8-10-21(4)31-27(35)26(23-15-11-20(3)12-16-23)33(9-2)28(36)25(32-29(37)38-30(5,6)7)19-22-13-17-24(34)18-14-22/h2,11-18,21,25-26,34H,8,10,19H2,1,3-7H3,(H,31,35)(H,32,37). The third-order valence-corrected chi connectivity index (χ3v) is 5.75. The van der Waals surface area contributed by atoms with Crippen molar-refractivity contribution >= 4 is 17.9 Å². The molecule has 0 bridgehead atoms. The summed E-state index contributed by atoms with van der Waals surface area (Å²) in [7, 11) is 0. The molecule has 0 spiro atoms. The lowest BCUT2D eigenvalue weighted by Gasteiger charge is -2.31. The third-order valence-electron chi connectivity index (χ3n) is 5.75. The first-order chi connectivity index (χ1) is 17.8. The van der Waals surface area contributed by atoms with E-state index in [1.807, 2.05) is 32.9 Å². The van der Waals surface area contributed by atoms with Crippen LogP contribution in [0.1, 0.15) is 70.2 Å². The maximum atomic E-state index is 13.9. The Hall–Kier alpha value is -3.99. The van der Waals surface area contributed by atoms with Gasteiger partial charge in [-0.05, 0) is 64.3 Å². The molecule has 2 rings (SSSR count). The van der Waals surface area contributed by atoms with E-state index < -0.39 is 35.6 Å². The molecule has 0 aromatic heterocycles. The summed E-state index contributed by atoms with van der Waals surface area (Å²) >= 11 is 0. The first-order valence-electron chi connectivity index (χ1n) is 12.8. The van der Waals surface area contributed by atoms with E-state index in [0.29, 0.717) is 11.1 Å². The number of nitrogens with one attached hydrogen (secondary N) is 2. The number of hydrogen-bond acceptors (Lipinski definition) is 5. The van der Waals surface area contributed by atoms with Gasteiger partial charge in [0.1, 0.15) is 23.4 Å². The lowest BCUT2D eigenvalue weighted by molar-refractivity contribution is -0.138. The van der Waals surface area contributed by atoms with Crippen LogP contribution in [0.4, 0.5) is 4.79 Å². The van der Waals surface area contributed by atoms with E-state index in [4.69, 9.17) is 11.2 Å². The molecule has 204 valence electrons. The fraction of sp³-hybridized carbons (Fsp3) is 0.433. The highest BCUT2D eigenvalue weighted by Crippen LogP contribution is 2.24. The Morgan fingerprint density at radius 1 is 1.05 bits per heavy atom. The number of ether oxygens (including phenoxy) is 1. The summed E-state index contributed by atoms with van der Waals surface area (Å²) in [4.78, 5) is 41.1. The van der Waals surface area contributed by atoms with Crippen LogP contribution in [0, 0.1) is 19.4 Å². The van der Waals surface area contributed by atoms with Gasteiger partial charge in [-0.1, -0.05) is 61.7 Å². The molecule has 0 aliphatic heterocycles. The first kappa shape index (κ1) is 30.2. The van der Waals surface area contributed by atoms with Crippen LogP contribution in [-0.4, -0.2) is 45.6 Å². The van der Waals surface area contributed by atoms with Gasteiger partial charge in [-0.2, -0.15) is 0 Å². The topological polar surface area (TPSA) is 108 Å². The minimum absolute atomic E-state index is 0.0605. The minimum Gasteiger partial charge on any atom is -0.508 e. The van der Waals surface area contributed by atoms with E-state index in [2.05, 4.69) is 16.7 Å². The van der Waals surface area contributed by atoms with E-state index in [9.17, 15) is 19.5 Å². The number of phenolic OH excluding ortho intramolecular Hbond substituents is 1. The molecule has 3 N–H and O–H groups in total. The summed E-state index contributed by atoms with van der Waals surface area (Å²) in [5.74, 6) is -0.989. The van der Waals surface area contributed by atoms with Crippen LogP contribution in [0.5, 0.6) is 5.75 Å². The van der Waals surface area contributed by atoms with Gasteiger partial charge < -0.3 is 20.5 Å². The SMILES string of the molecule is C#CN(C(=O)C(Cc1ccc(O)cc1)NC(=O)OC(C)(C)C)C(C(=O)NC(C)CCC)c1ccc(C)cc1. The number of aryl methyl sites for hydroxylation is 1. The zero-order chi connectivity index (χ0) is 28.5. The summed E-state index contributed by atoms with van der Waals surface area (Å²) in [5.41, 5.74) is 1.41.